The van der Waals surface area contributed by atoms with Gasteiger partial charge in [0, 0.05) is 13.1 Å². The molecule has 1 aromatic carbocycles. The number of nitrogens with two attached hydrogens (primary N) is 1. The summed E-state index contributed by atoms with van der Waals surface area (Å²) < 4.78 is 5.01. The summed E-state index contributed by atoms with van der Waals surface area (Å²) in [4.78, 5) is 37.3. The number of carbonyl (C=O) groups is 3. The van der Waals surface area contributed by atoms with Crippen LogP contribution < -0.4 is 15.8 Å². The van der Waals surface area contributed by atoms with E-state index in [2.05, 4.69) is 5.32 Å². The Hall–Kier alpha value is -2.77. The van der Waals surface area contributed by atoms with Crippen molar-refractivity contribution in [2.24, 2.45) is 0 Å². The highest BCUT2D eigenvalue weighted by Crippen LogP contribution is 2.24. The van der Waals surface area contributed by atoms with Crippen molar-refractivity contribution in [1.29, 1.82) is 0 Å². The number of nitrogens with zero attached hydrogens (tertiary/aromatic N) is 2. The van der Waals surface area contributed by atoms with Crippen LogP contribution >= 0.6 is 0 Å². The lowest BCUT2D eigenvalue weighted by Gasteiger charge is -2.14. The van der Waals surface area contributed by atoms with Crippen LogP contribution in [-0.4, -0.2) is 54.9 Å². The lowest BCUT2D eigenvalue weighted by Crippen LogP contribution is -2.38. The molecular weight excluding hydrogens is 276 g/mol. The number of ether oxygens (including phenoxy) is 1. The first kappa shape index (κ1) is 14.6. The Labute approximate surface area is 121 Å². The normalized spacial score (nSPS) is 14.6. The number of rotatable bonds is 4. The van der Waals surface area contributed by atoms with E-state index in [1.54, 1.807) is 18.2 Å². The van der Waals surface area contributed by atoms with Crippen molar-refractivity contribution in [2.45, 2.75) is 0 Å². The Kier molecular flexibility index (Phi) is 3.97. The predicted octanol–water partition coefficient (Wildman–Crippen LogP) is 0.110. The zero-order valence-corrected chi connectivity index (χ0v) is 11.8. The maximum absolute atomic E-state index is 11.9. The number of anilines is 2. The fraction of sp³-hybridized carbons (Fsp3) is 0.308. The van der Waals surface area contributed by atoms with Gasteiger partial charge in [-0.1, -0.05) is 0 Å². The number of imide groups is 1. The first-order valence-corrected chi connectivity index (χ1v) is 6.21. The van der Waals surface area contributed by atoms with Gasteiger partial charge in [-0.05, 0) is 12.1 Å². The smallest absolute Gasteiger partial charge is 0.327 e. The van der Waals surface area contributed by atoms with Gasteiger partial charge in [-0.3, -0.25) is 14.5 Å². The number of carbonyl (C=O) groups excluding carboxylic acids is 3. The average Bonchev–Trinajstić information content (AvgIpc) is 2.67. The third-order valence-corrected chi connectivity index (χ3v) is 3.07. The third kappa shape index (κ3) is 3.04. The van der Waals surface area contributed by atoms with Crippen LogP contribution in [0.25, 0.3) is 0 Å². The molecule has 112 valence electrons. The van der Waals surface area contributed by atoms with Crippen molar-refractivity contribution in [3.8, 4) is 5.75 Å². The largest absolute Gasteiger partial charge is 0.497 e. The lowest BCUT2D eigenvalue weighted by molar-refractivity contribution is -0.129. The highest BCUT2D eigenvalue weighted by atomic mass is 16.5. The van der Waals surface area contributed by atoms with Gasteiger partial charge in [0.25, 0.3) is 5.91 Å². The molecule has 0 bridgehead atoms. The molecule has 0 unspecified atom stereocenters. The van der Waals surface area contributed by atoms with Crippen molar-refractivity contribution in [3.05, 3.63) is 18.2 Å². The highest BCUT2D eigenvalue weighted by molar-refractivity contribution is 6.06. The number of hydrogen-bond acceptors (Lipinski definition) is 5. The van der Waals surface area contributed by atoms with Crippen molar-refractivity contribution in [3.63, 3.8) is 0 Å². The van der Waals surface area contributed by atoms with Crippen LogP contribution in [0.3, 0.4) is 0 Å². The topological polar surface area (TPSA) is 105 Å². The molecule has 3 N–H and O–H groups in total. The molecule has 1 saturated heterocycles. The number of benzene rings is 1. The van der Waals surface area contributed by atoms with Crippen molar-refractivity contribution < 1.29 is 19.1 Å². The van der Waals surface area contributed by atoms with Crippen molar-refractivity contribution in [2.75, 3.05) is 38.3 Å². The summed E-state index contributed by atoms with van der Waals surface area (Å²) in [6.07, 6.45) is 0. The summed E-state index contributed by atoms with van der Waals surface area (Å²) >= 11 is 0. The zero-order chi connectivity index (χ0) is 15.6. The van der Waals surface area contributed by atoms with Crippen LogP contribution in [0.2, 0.25) is 0 Å². The van der Waals surface area contributed by atoms with E-state index in [9.17, 15) is 14.4 Å². The van der Waals surface area contributed by atoms with E-state index >= 15 is 0 Å². The van der Waals surface area contributed by atoms with E-state index in [1.165, 1.54) is 19.1 Å². The maximum atomic E-state index is 11.9. The Bertz CT molecular complexity index is 602. The van der Waals surface area contributed by atoms with Gasteiger partial charge in [0.1, 0.15) is 18.8 Å². The minimum atomic E-state index is -0.496. The first-order chi connectivity index (χ1) is 9.92. The summed E-state index contributed by atoms with van der Waals surface area (Å²) in [6, 6.07) is 4.31. The van der Waals surface area contributed by atoms with Crippen LogP contribution in [0.15, 0.2) is 18.2 Å². The molecule has 0 aliphatic carbocycles. The minimum Gasteiger partial charge on any atom is -0.497 e. The molecule has 8 nitrogen and oxygen atoms in total. The molecule has 1 aliphatic rings. The zero-order valence-electron chi connectivity index (χ0n) is 11.8. The molecule has 21 heavy (non-hydrogen) atoms. The molecular formula is C13H16N4O4. The van der Waals surface area contributed by atoms with Gasteiger partial charge < -0.3 is 20.7 Å². The minimum absolute atomic E-state index is 0.0171. The fourth-order valence-corrected chi connectivity index (χ4v) is 1.94. The standard InChI is InChI=1S/C13H16N4O4/c1-16-7-12(19)17(13(16)20)6-11(18)15-10-4-3-8(21-2)5-9(10)14/h3-5H,6-7,14H2,1-2H3,(H,15,18). The summed E-state index contributed by atoms with van der Waals surface area (Å²) in [6.45, 7) is -0.357. The molecule has 8 heteroatoms. The second kappa shape index (κ2) is 5.70. The second-order valence-electron chi connectivity index (χ2n) is 4.62. The summed E-state index contributed by atoms with van der Waals surface area (Å²) in [5, 5.41) is 2.56. The van der Waals surface area contributed by atoms with Crippen molar-refractivity contribution >= 4 is 29.2 Å². The molecule has 1 aliphatic heterocycles. The Balaban J connectivity index is 2.02. The average molecular weight is 292 g/mol. The van der Waals surface area contributed by atoms with Crippen molar-refractivity contribution in [1.82, 2.24) is 9.80 Å². The van der Waals surface area contributed by atoms with Gasteiger partial charge in [-0.25, -0.2) is 4.79 Å². The van der Waals surface area contributed by atoms with E-state index in [1.807, 2.05) is 0 Å². The van der Waals surface area contributed by atoms with Crippen LogP contribution in [0.4, 0.5) is 16.2 Å². The molecule has 2 rings (SSSR count). The number of methoxy groups -OCH3 is 1. The highest BCUT2D eigenvalue weighted by Gasteiger charge is 2.34. The van der Waals surface area contributed by atoms with Crippen LogP contribution in [0.1, 0.15) is 0 Å². The second-order valence-corrected chi connectivity index (χ2v) is 4.62. The van der Waals surface area contributed by atoms with Gasteiger partial charge in [-0.15, -0.1) is 0 Å². The molecule has 0 saturated carbocycles. The summed E-state index contributed by atoms with van der Waals surface area (Å²) in [7, 11) is 3.01. The number of amides is 4. The van der Waals surface area contributed by atoms with E-state index in [-0.39, 0.29) is 13.1 Å². The molecule has 1 fully saturated rings. The molecule has 4 amide bonds. The van der Waals surface area contributed by atoms with E-state index in [4.69, 9.17) is 10.5 Å². The van der Waals surface area contributed by atoms with Gasteiger partial charge >= 0.3 is 6.03 Å². The van der Waals surface area contributed by atoms with Gasteiger partial charge in [0.2, 0.25) is 5.91 Å². The summed E-state index contributed by atoms with van der Waals surface area (Å²) in [5.74, 6) is -0.332. The van der Waals surface area contributed by atoms with Gasteiger partial charge in [0.15, 0.2) is 0 Å². The molecule has 0 spiro atoms. The number of nitrogens with one attached hydrogen (secondary N) is 1. The van der Waals surface area contributed by atoms with Gasteiger partial charge in [-0.2, -0.15) is 0 Å². The Morgan fingerprint density at radius 2 is 2.14 bits per heavy atom. The van der Waals surface area contributed by atoms with Crippen LogP contribution in [0, 0.1) is 0 Å². The summed E-state index contributed by atoms with van der Waals surface area (Å²) in [5.41, 5.74) is 6.51. The molecule has 0 aromatic heterocycles. The molecule has 1 aromatic rings. The molecule has 0 radical (unpaired) electrons. The number of hydrogen-bond donors (Lipinski definition) is 2. The van der Waals surface area contributed by atoms with E-state index < -0.39 is 17.8 Å². The van der Waals surface area contributed by atoms with Crippen LogP contribution in [0.5, 0.6) is 5.75 Å². The maximum Gasteiger partial charge on any atom is 0.327 e. The SMILES string of the molecule is COc1ccc(NC(=O)CN2C(=O)CN(C)C2=O)c(N)c1. The monoisotopic (exact) mass is 292 g/mol. The number of likely N-dealkylation sites (N-methyl/N-ethyl adjacent to an activating group) is 1. The number of nitrogen functional groups attached to an aromatic ring is 1. The Morgan fingerprint density at radius 1 is 1.43 bits per heavy atom. The fourth-order valence-electron chi connectivity index (χ4n) is 1.94. The number of urea groups is 1. The first-order valence-electron chi connectivity index (χ1n) is 6.21. The lowest BCUT2D eigenvalue weighted by atomic mass is 10.2. The predicted molar refractivity (Wildman–Crippen MR) is 75.8 cm³/mol. The molecule has 0 atom stereocenters. The molecule has 1 heterocycles. The van der Waals surface area contributed by atoms with E-state index in [0.29, 0.717) is 17.1 Å². The van der Waals surface area contributed by atoms with Crippen LogP contribution in [-0.2, 0) is 9.59 Å². The quantitative estimate of drug-likeness (QED) is 0.605. The van der Waals surface area contributed by atoms with E-state index in [0.717, 1.165) is 4.90 Å². The Morgan fingerprint density at radius 3 is 2.67 bits per heavy atom. The van der Waals surface area contributed by atoms with Gasteiger partial charge in [0.05, 0.1) is 18.5 Å². The third-order valence-electron chi connectivity index (χ3n) is 3.07.